The Hall–Kier alpha value is -1.79. The first-order valence-corrected chi connectivity index (χ1v) is 7.79. The fraction of sp³-hybridized carbons (Fsp3) is 0.286. The predicted octanol–water partition coefficient (Wildman–Crippen LogP) is 2.72. The van der Waals surface area contributed by atoms with Gasteiger partial charge in [-0.05, 0) is 39.0 Å². The molecule has 1 heterocycles. The van der Waals surface area contributed by atoms with Crippen molar-refractivity contribution in [3.63, 3.8) is 0 Å². The number of anilines is 1. The molecule has 0 aliphatic heterocycles. The number of hydrogen-bond acceptors (Lipinski definition) is 4. The molecule has 0 bridgehead atoms. The van der Waals surface area contributed by atoms with Crippen molar-refractivity contribution in [1.82, 2.24) is 0 Å². The van der Waals surface area contributed by atoms with Gasteiger partial charge in [-0.1, -0.05) is 12.1 Å². The van der Waals surface area contributed by atoms with E-state index in [1.165, 1.54) is 6.07 Å². The summed E-state index contributed by atoms with van der Waals surface area (Å²) in [6.45, 7) is 5.70. The van der Waals surface area contributed by atoms with Gasteiger partial charge >= 0.3 is 0 Å². The Bertz CT molecular complexity index is 720. The van der Waals surface area contributed by atoms with Gasteiger partial charge in [0.15, 0.2) is 0 Å². The lowest BCUT2D eigenvalue weighted by atomic mass is 10.1. The van der Waals surface area contributed by atoms with E-state index in [2.05, 4.69) is 5.32 Å². The van der Waals surface area contributed by atoms with Crippen LogP contribution in [0.1, 0.15) is 30.0 Å². The quantitative estimate of drug-likeness (QED) is 0.908. The molecule has 0 aliphatic rings. The largest absolute Gasteiger partial charge is 0.466 e. The number of para-hydroxylation sites is 1. The second-order valence-electron chi connectivity index (χ2n) is 4.78. The van der Waals surface area contributed by atoms with Crippen molar-refractivity contribution in [1.29, 1.82) is 0 Å². The maximum absolute atomic E-state index is 11.6. The number of sulfonamides is 1. The second kappa shape index (κ2) is 5.30. The number of aryl methyl sites for hydroxylation is 2. The number of hydrogen-bond donors (Lipinski definition) is 2. The summed E-state index contributed by atoms with van der Waals surface area (Å²) in [6.07, 6.45) is 0. The Morgan fingerprint density at radius 2 is 1.90 bits per heavy atom. The number of nitrogens with one attached hydrogen (secondary N) is 1. The summed E-state index contributed by atoms with van der Waals surface area (Å²) in [7, 11) is -3.75. The Morgan fingerprint density at radius 3 is 2.45 bits per heavy atom. The van der Waals surface area contributed by atoms with E-state index in [9.17, 15) is 8.42 Å². The molecule has 6 heteroatoms. The van der Waals surface area contributed by atoms with Gasteiger partial charge in [0.1, 0.15) is 16.4 Å². The lowest BCUT2D eigenvalue weighted by Crippen LogP contribution is -2.16. The molecule has 2 rings (SSSR count). The molecule has 0 aliphatic carbocycles. The van der Waals surface area contributed by atoms with Crippen molar-refractivity contribution < 1.29 is 12.8 Å². The normalized spacial score (nSPS) is 13.2. The molecular weight excluding hydrogens is 276 g/mol. The minimum absolute atomic E-state index is 0.0876. The average molecular weight is 294 g/mol. The Kier molecular flexibility index (Phi) is 3.87. The zero-order valence-corrected chi connectivity index (χ0v) is 12.5. The van der Waals surface area contributed by atoms with Gasteiger partial charge < -0.3 is 9.73 Å². The van der Waals surface area contributed by atoms with Crippen molar-refractivity contribution >= 4 is 15.7 Å². The van der Waals surface area contributed by atoms with E-state index in [1.54, 1.807) is 18.2 Å². The van der Waals surface area contributed by atoms with E-state index in [4.69, 9.17) is 9.56 Å². The highest BCUT2D eigenvalue weighted by molar-refractivity contribution is 7.89. The molecule has 20 heavy (non-hydrogen) atoms. The lowest BCUT2D eigenvalue weighted by Gasteiger charge is -2.16. The molecule has 1 atom stereocenters. The van der Waals surface area contributed by atoms with E-state index >= 15 is 0 Å². The maximum atomic E-state index is 11.6. The van der Waals surface area contributed by atoms with Crippen LogP contribution in [0.5, 0.6) is 0 Å². The molecule has 0 saturated carbocycles. The number of rotatable bonds is 4. The summed E-state index contributed by atoms with van der Waals surface area (Å²) in [5.74, 6) is 1.64. The summed E-state index contributed by atoms with van der Waals surface area (Å²) in [6, 6.07) is 8.43. The van der Waals surface area contributed by atoms with Crippen molar-refractivity contribution in [2.75, 3.05) is 5.32 Å². The number of benzene rings is 1. The summed E-state index contributed by atoms with van der Waals surface area (Å²) in [5, 5.41) is 8.39. The monoisotopic (exact) mass is 294 g/mol. The fourth-order valence-corrected chi connectivity index (χ4v) is 2.93. The van der Waals surface area contributed by atoms with Crippen molar-refractivity contribution in [3.8, 4) is 0 Å². The minimum Gasteiger partial charge on any atom is -0.466 e. The van der Waals surface area contributed by atoms with Gasteiger partial charge in [0.25, 0.3) is 0 Å². The van der Waals surface area contributed by atoms with Gasteiger partial charge in [0, 0.05) is 5.56 Å². The summed E-state index contributed by atoms with van der Waals surface area (Å²) in [5.41, 5.74) is 1.48. The van der Waals surface area contributed by atoms with Crippen LogP contribution in [0, 0.1) is 13.8 Å². The standard InChI is InChI=1S/C14H18N2O3S/c1-9-8-12(11(3)19-9)10(2)16-13-6-4-5-7-14(13)20(15,17)18/h4-8,10,16H,1-3H3,(H2,15,17,18). The maximum Gasteiger partial charge on any atom is 0.240 e. The Balaban J connectivity index is 2.34. The third-order valence-corrected chi connectivity index (χ3v) is 4.08. The predicted molar refractivity (Wildman–Crippen MR) is 78.0 cm³/mol. The van der Waals surface area contributed by atoms with Crippen molar-refractivity contribution in [2.24, 2.45) is 5.14 Å². The van der Waals surface area contributed by atoms with Gasteiger partial charge in [-0.3, -0.25) is 0 Å². The molecule has 0 spiro atoms. The van der Waals surface area contributed by atoms with Crippen LogP contribution in [0.15, 0.2) is 39.6 Å². The van der Waals surface area contributed by atoms with Crippen LogP contribution in [0.2, 0.25) is 0 Å². The van der Waals surface area contributed by atoms with Crippen LogP contribution in [-0.4, -0.2) is 8.42 Å². The van der Waals surface area contributed by atoms with E-state index < -0.39 is 10.0 Å². The van der Waals surface area contributed by atoms with E-state index in [-0.39, 0.29) is 10.9 Å². The van der Waals surface area contributed by atoms with Gasteiger partial charge in [-0.2, -0.15) is 0 Å². The Morgan fingerprint density at radius 1 is 1.25 bits per heavy atom. The number of furan rings is 1. The van der Waals surface area contributed by atoms with Crippen molar-refractivity contribution in [2.45, 2.75) is 31.7 Å². The average Bonchev–Trinajstić information content (AvgIpc) is 2.68. The number of nitrogens with two attached hydrogens (primary N) is 1. The van der Waals surface area contributed by atoms with E-state index in [1.807, 2.05) is 26.8 Å². The molecule has 108 valence electrons. The van der Waals surface area contributed by atoms with E-state index in [0.717, 1.165) is 17.1 Å². The molecule has 3 N–H and O–H groups in total. The van der Waals surface area contributed by atoms with Crippen LogP contribution in [0.25, 0.3) is 0 Å². The Labute approximate surface area is 118 Å². The van der Waals surface area contributed by atoms with Crippen LogP contribution < -0.4 is 10.5 Å². The van der Waals surface area contributed by atoms with Gasteiger partial charge in [0.05, 0.1) is 11.7 Å². The fourth-order valence-electron chi connectivity index (χ4n) is 2.23. The van der Waals surface area contributed by atoms with Crippen LogP contribution >= 0.6 is 0 Å². The van der Waals surface area contributed by atoms with Crippen LogP contribution in [0.4, 0.5) is 5.69 Å². The minimum atomic E-state index is -3.75. The summed E-state index contributed by atoms with van der Waals surface area (Å²) < 4.78 is 28.6. The molecule has 0 amide bonds. The zero-order valence-electron chi connectivity index (χ0n) is 11.7. The molecule has 2 aromatic rings. The van der Waals surface area contributed by atoms with E-state index in [0.29, 0.717) is 5.69 Å². The van der Waals surface area contributed by atoms with Crippen LogP contribution in [-0.2, 0) is 10.0 Å². The van der Waals surface area contributed by atoms with Gasteiger partial charge in [0.2, 0.25) is 10.0 Å². The highest BCUT2D eigenvalue weighted by atomic mass is 32.2. The summed E-state index contributed by atoms with van der Waals surface area (Å²) in [4.78, 5) is 0.0877. The molecule has 1 unspecified atom stereocenters. The topological polar surface area (TPSA) is 85.3 Å². The SMILES string of the molecule is Cc1cc(C(C)Nc2ccccc2S(N)(=O)=O)c(C)o1. The van der Waals surface area contributed by atoms with Gasteiger partial charge in [-0.25, -0.2) is 13.6 Å². The highest BCUT2D eigenvalue weighted by Gasteiger charge is 2.17. The zero-order chi connectivity index (χ0) is 14.9. The van der Waals surface area contributed by atoms with Gasteiger partial charge in [-0.15, -0.1) is 0 Å². The highest BCUT2D eigenvalue weighted by Crippen LogP contribution is 2.27. The first kappa shape index (κ1) is 14.6. The number of primary sulfonamides is 1. The lowest BCUT2D eigenvalue weighted by molar-refractivity contribution is 0.500. The molecule has 1 aromatic heterocycles. The van der Waals surface area contributed by atoms with Crippen molar-refractivity contribution in [3.05, 3.63) is 47.4 Å². The molecule has 0 saturated heterocycles. The first-order chi connectivity index (χ1) is 9.29. The first-order valence-electron chi connectivity index (χ1n) is 6.24. The second-order valence-corrected chi connectivity index (χ2v) is 6.31. The molecule has 1 aromatic carbocycles. The smallest absolute Gasteiger partial charge is 0.240 e. The van der Waals surface area contributed by atoms with Crippen LogP contribution in [0.3, 0.4) is 0 Å². The third-order valence-electron chi connectivity index (χ3n) is 3.11. The molecular formula is C14H18N2O3S. The molecule has 0 radical (unpaired) electrons. The molecule has 5 nitrogen and oxygen atoms in total. The third kappa shape index (κ3) is 3.02. The summed E-state index contributed by atoms with van der Waals surface area (Å²) >= 11 is 0. The molecule has 0 fully saturated rings.